The molecule has 1 saturated heterocycles. The van der Waals surface area contributed by atoms with E-state index in [9.17, 15) is 0 Å². The van der Waals surface area contributed by atoms with Crippen molar-refractivity contribution in [3.63, 3.8) is 0 Å². The summed E-state index contributed by atoms with van der Waals surface area (Å²) in [6.45, 7) is 1.16. The highest BCUT2D eigenvalue weighted by molar-refractivity contribution is 4.98. The Balaban J connectivity index is 2.13. The van der Waals surface area contributed by atoms with Crippen molar-refractivity contribution in [1.82, 2.24) is 10.4 Å². The molecule has 2 heterocycles. The Kier molecular flexibility index (Phi) is 0.815. The maximum Gasteiger partial charge on any atom is 0.0495 e. The zero-order valence-corrected chi connectivity index (χ0v) is 4.80. The quantitative estimate of drug-likeness (QED) is 0.488. The Morgan fingerprint density at radius 1 is 1.62 bits per heavy atom. The van der Waals surface area contributed by atoms with Crippen LogP contribution >= 0.6 is 0 Å². The van der Waals surface area contributed by atoms with Crippen LogP contribution < -0.4 is 5.43 Å². The molecule has 1 atom stereocenters. The van der Waals surface area contributed by atoms with Gasteiger partial charge in [0.1, 0.15) is 0 Å². The molecule has 2 aliphatic rings. The molecule has 0 spiro atoms. The van der Waals surface area contributed by atoms with E-state index in [0.717, 1.165) is 12.6 Å². The summed E-state index contributed by atoms with van der Waals surface area (Å²) >= 11 is 0. The molecule has 0 aliphatic carbocycles. The Morgan fingerprint density at radius 2 is 2.62 bits per heavy atom. The number of fused-ring (bicyclic) bond motifs is 1. The average molecular weight is 110 g/mol. The van der Waals surface area contributed by atoms with Crippen molar-refractivity contribution in [3.8, 4) is 0 Å². The summed E-state index contributed by atoms with van der Waals surface area (Å²) < 4.78 is 0. The minimum absolute atomic E-state index is 0.787. The third-order valence-corrected chi connectivity index (χ3v) is 1.84. The van der Waals surface area contributed by atoms with Crippen molar-refractivity contribution in [1.29, 1.82) is 0 Å². The molecule has 0 amide bonds. The molecular formula is C6H10N2. The monoisotopic (exact) mass is 110 g/mol. The van der Waals surface area contributed by atoms with E-state index in [1.54, 1.807) is 0 Å². The van der Waals surface area contributed by atoms with Gasteiger partial charge < -0.3 is 5.01 Å². The van der Waals surface area contributed by atoms with E-state index in [0.29, 0.717) is 0 Å². The van der Waals surface area contributed by atoms with Crippen LogP contribution in [0.15, 0.2) is 12.3 Å². The van der Waals surface area contributed by atoms with Crippen LogP contribution in [-0.4, -0.2) is 17.6 Å². The van der Waals surface area contributed by atoms with Gasteiger partial charge in [0.2, 0.25) is 0 Å². The molecule has 0 bridgehead atoms. The van der Waals surface area contributed by atoms with Crippen LogP contribution in [0.5, 0.6) is 0 Å². The first-order chi connectivity index (χ1) is 3.97. The van der Waals surface area contributed by atoms with Gasteiger partial charge in [-0.1, -0.05) is 6.08 Å². The minimum Gasteiger partial charge on any atom is -0.313 e. The predicted molar refractivity (Wildman–Crippen MR) is 32.0 cm³/mol. The van der Waals surface area contributed by atoms with Crippen molar-refractivity contribution < 1.29 is 0 Å². The lowest BCUT2D eigenvalue weighted by Gasteiger charge is -2.13. The lowest BCUT2D eigenvalue weighted by atomic mass is 10.2. The Morgan fingerprint density at radius 3 is 3.50 bits per heavy atom. The smallest absolute Gasteiger partial charge is 0.0495 e. The molecule has 0 radical (unpaired) electrons. The van der Waals surface area contributed by atoms with E-state index in [1.165, 1.54) is 12.8 Å². The van der Waals surface area contributed by atoms with Gasteiger partial charge in [-0.15, -0.1) is 0 Å². The fourth-order valence-corrected chi connectivity index (χ4v) is 1.37. The second-order valence-electron chi connectivity index (χ2n) is 2.38. The number of nitrogens with one attached hydrogen (secondary N) is 1. The largest absolute Gasteiger partial charge is 0.313 e. The lowest BCUT2D eigenvalue weighted by Crippen LogP contribution is -2.28. The first-order valence-corrected chi connectivity index (χ1v) is 3.15. The van der Waals surface area contributed by atoms with Crippen molar-refractivity contribution in [3.05, 3.63) is 12.3 Å². The topological polar surface area (TPSA) is 15.3 Å². The zero-order valence-electron chi connectivity index (χ0n) is 4.80. The van der Waals surface area contributed by atoms with E-state index in [2.05, 4.69) is 22.7 Å². The lowest BCUT2D eigenvalue weighted by molar-refractivity contribution is 0.298. The molecule has 0 aromatic rings. The summed E-state index contributed by atoms with van der Waals surface area (Å²) in [5.74, 6) is 0. The number of rotatable bonds is 0. The summed E-state index contributed by atoms with van der Waals surface area (Å²) in [6.07, 6.45) is 6.91. The number of hydrogen-bond acceptors (Lipinski definition) is 2. The SMILES string of the molecule is C1=CN2NCCC2C1. The third-order valence-electron chi connectivity index (χ3n) is 1.84. The number of nitrogens with zero attached hydrogens (tertiary/aromatic N) is 1. The molecule has 2 rings (SSSR count). The summed E-state index contributed by atoms with van der Waals surface area (Å²) in [5.41, 5.74) is 3.27. The molecule has 8 heavy (non-hydrogen) atoms. The van der Waals surface area contributed by atoms with E-state index < -0.39 is 0 Å². The Bertz CT molecular complexity index is 120. The van der Waals surface area contributed by atoms with Crippen LogP contribution in [0, 0.1) is 0 Å². The van der Waals surface area contributed by atoms with Gasteiger partial charge in [0, 0.05) is 18.8 Å². The highest BCUT2D eigenvalue weighted by Crippen LogP contribution is 2.18. The normalized spacial score (nSPS) is 34.0. The molecule has 1 N–H and O–H groups in total. The van der Waals surface area contributed by atoms with E-state index >= 15 is 0 Å². The van der Waals surface area contributed by atoms with Gasteiger partial charge in [-0.25, -0.2) is 5.43 Å². The van der Waals surface area contributed by atoms with Gasteiger partial charge in [0.05, 0.1) is 0 Å². The van der Waals surface area contributed by atoms with Crippen LogP contribution in [-0.2, 0) is 0 Å². The fourth-order valence-electron chi connectivity index (χ4n) is 1.37. The van der Waals surface area contributed by atoms with Crippen LogP contribution in [0.3, 0.4) is 0 Å². The number of hydrogen-bond donors (Lipinski definition) is 1. The van der Waals surface area contributed by atoms with Crippen LogP contribution in [0.2, 0.25) is 0 Å². The van der Waals surface area contributed by atoms with Crippen molar-refractivity contribution in [2.75, 3.05) is 6.54 Å². The van der Waals surface area contributed by atoms with Gasteiger partial charge in [-0.2, -0.15) is 0 Å². The molecule has 1 fully saturated rings. The van der Waals surface area contributed by atoms with Crippen LogP contribution in [0.25, 0.3) is 0 Å². The zero-order chi connectivity index (χ0) is 5.40. The van der Waals surface area contributed by atoms with Gasteiger partial charge in [0.15, 0.2) is 0 Å². The van der Waals surface area contributed by atoms with Crippen LogP contribution in [0.1, 0.15) is 12.8 Å². The second-order valence-corrected chi connectivity index (χ2v) is 2.38. The maximum atomic E-state index is 3.27. The van der Waals surface area contributed by atoms with Gasteiger partial charge in [0.25, 0.3) is 0 Å². The Hall–Kier alpha value is -0.500. The second kappa shape index (κ2) is 1.49. The highest BCUT2D eigenvalue weighted by Gasteiger charge is 2.23. The summed E-state index contributed by atoms with van der Waals surface area (Å²) in [4.78, 5) is 0. The summed E-state index contributed by atoms with van der Waals surface area (Å²) in [6, 6.07) is 0.787. The first kappa shape index (κ1) is 4.39. The molecule has 0 saturated carbocycles. The van der Waals surface area contributed by atoms with Crippen molar-refractivity contribution in [2.24, 2.45) is 0 Å². The molecule has 2 heteroatoms. The highest BCUT2D eigenvalue weighted by atomic mass is 15.5. The van der Waals surface area contributed by atoms with E-state index in [1.807, 2.05) is 0 Å². The predicted octanol–water partition coefficient (Wildman–Crippen LogP) is 0.483. The first-order valence-electron chi connectivity index (χ1n) is 3.15. The Labute approximate surface area is 49.1 Å². The molecule has 44 valence electrons. The molecule has 1 unspecified atom stereocenters. The van der Waals surface area contributed by atoms with Crippen LogP contribution in [0.4, 0.5) is 0 Å². The van der Waals surface area contributed by atoms with Gasteiger partial charge in [-0.3, -0.25) is 0 Å². The molecule has 0 aromatic carbocycles. The van der Waals surface area contributed by atoms with Crippen molar-refractivity contribution >= 4 is 0 Å². The van der Waals surface area contributed by atoms with E-state index in [4.69, 9.17) is 0 Å². The van der Waals surface area contributed by atoms with E-state index in [-0.39, 0.29) is 0 Å². The summed E-state index contributed by atoms with van der Waals surface area (Å²) in [7, 11) is 0. The molecule has 0 aromatic heterocycles. The maximum absolute atomic E-state index is 3.27. The van der Waals surface area contributed by atoms with Crippen molar-refractivity contribution in [2.45, 2.75) is 18.9 Å². The number of hydrazine groups is 1. The average Bonchev–Trinajstić information content (AvgIpc) is 2.15. The molecule has 2 aliphatic heterocycles. The standard InChI is InChI=1S/C6H10N2/c1-2-6-3-4-7-8(6)5-1/h1,5-7H,2-4H2. The van der Waals surface area contributed by atoms with Gasteiger partial charge in [-0.05, 0) is 12.8 Å². The molecule has 2 nitrogen and oxygen atoms in total. The fraction of sp³-hybridized carbons (Fsp3) is 0.667. The van der Waals surface area contributed by atoms with Gasteiger partial charge >= 0.3 is 0 Å². The minimum atomic E-state index is 0.787. The third kappa shape index (κ3) is 0.464. The summed E-state index contributed by atoms with van der Waals surface area (Å²) in [5, 5.41) is 2.21. The molecular weight excluding hydrogens is 100 g/mol.